The van der Waals surface area contributed by atoms with E-state index in [1.54, 1.807) is 34.3 Å². The Morgan fingerprint density at radius 1 is 1.21 bits per heavy atom. The Balaban J connectivity index is 1.85. The number of carbonyl (C=O) groups is 3. The number of hydrogen-bond donors (Lipinski definition) is 1. The first kappa shape index (κ1) is 16.4. The number of carboxylic acids is 1. The van der Waals surface area contributed by atoms with Gasteiger partial charge in [-0.1, -0.05) is 0 Å². The topological polar surface area (TPSA) is 90.8 Å². The molecule has 1 aromatic rings. The molecule has 0 radical (unpaired) electrons. The molecule has 2 aliphatic rings. The van der Waals surface area contributed by atoms with Crippen LogP contribution in [-0.4, -0.2) is 63.9 Å². The van der Waals surface area contributed by atoms with Gasteiger partial charge in [-0.15, -0.1) is 0 Å². The number of hydrogen-bond acceptors (Lipinski definition) is 4. The summed E-state index contributed by atoms with van der Waals surface area (Å²) < 4.78 is 0. The van der Waals surface area contributed by atoms with Crippen molar-refractivity contribution >= 4 is 17.8 Å². The van der Waals surface area contributed by atoms with E-state index in [-0.39, 0.29) is 24.3 Å². The van der Waals surface area contributed by atoms with Gasteiger partial charge in [0.15, 0.2) is 0 Å². The summed E-state index contributed by atoms with van der Waals surface area (Å²) >= 11 is 0. The van der Waals surface area contributed by atoms with Crippen molar-refractivity contribution in [3.05, 3.63) is 30.1 Å². The van der Waals surface area contributed by atoms with E-state index in [0.29, 0.717) is 38.0 Å². The highest BCUT2D eigenvalue weighted by Crippen LogP contribution is 2.43. The van der Waals surface area contributed by atoms with Gasteiger partial charge in [-0.25, -0.2) is 0 Å². The van der Waals surface area contributed by atoms with Gasteiger partial charge < -0.3 is 14.9 Å². The van der Waals surface area contributed by atoms with Gasteiger partial charge in [0.25, 0.3) is 5.91 Å². The number of pyridine rings is 1. The van der Waals surface area contributed by atoms with Crippen LogP contribution in [0, 0.1) is 11.3 Å². The van der Waals surface area contributed by atoms with E-state index in [1.807, 2.05) is 0 Å². The molecule has 1 aromatic heterocycles. The number of fused-ring (bicyclic) bond motifs is 1. The Labute approximate surface area is 140 Å². The zero-order chi connectivity index (χ0) is 17.3. The molecule has 0 spiro atoms. The number of amides is 2. The molecule has 2 saturated heterocycles. The molecule has 7 heteroatoms. The Bertz CT molecular complexity index is 663. The van der Waals surface area contributed by atoms with E-state index in [4.69, 9.17) is 0 Å². The molecule has 128 valence electrons. The quantitative estimate of drug-likeness (QED) is 0.868. The molecule has 24 heavy (non-hydrogen) atoms. The summed E-state index contributed by atoms with van der Waals surface area (Å²) in [4.78, 5) is 43.6. The molecule has 0 aliphatic carbocycles. The monoisotopic (exact) mass is 331 g/mol. The van der Waals surface area contributed by atoms with Gasteiger partial charge in [-0.3, -0.25) is 19.4 Å². The zero-order valence-electron chi connectivity index (χ0n) is 13.6. The van der Waals surface area contributed by atoms with Gasteiger partial charge in [-0.2, -0.15) is 0 Å². The average molecular weight is 331 g/mol. The predicted molar refractivity (Wildman–Crippen MR) is 85.2 cm³/mol. The van der Waals surface area contributed by atoms with Crippen molar-refractivity contribution in [3.8, 4) is 0 Å². The Kier molecular flexibility index (Phi) is 4.26. The molecule has 0 unspecified atom stereocenters. The van der Waals surface area contributed by atoms with Crippen LogP contribution < -0.4 is 0 Å². The highest BCUT2D eigenvalue weighted by molar-refractivity contribution is 5.94. The van der Waals surface area contributed by atoms with Gasteiger partial charge in [-0.05, 0) is 25.0 Å². The van der Waals surface area contributed by atoms with Crippen molar-refractivity contribution < 1.29 is 19.5 Å². The van der Waals surface area contributed by atoms with Crippen molar-refractivity contribution in [2.75, 3.05) is 26.2 Å². The summed E-state index contributed by atoms with van der Waals surface area (Å²) in [5.41, 5.74) is -0.395. The van der Waals surface area contributed by atoms with Crippen LogP contribution in [0.1, 0.15) is 30.1 Å². The summed E-state index contributed by atoms with van der Waals surface area (Å²) in [6.07, 6.45) is 4.24. The van der Waals surface area contributed by atoms with E-state index in [0.717, 1.165) is 0 Å². The average Bonchev–Trinajstić information content (AvgIpc) is 2.85. The minimum Gasteiger partial charge on any atom is -0.481 e. The molecule has 0 bridgehead atoms. The summed E-state index contributed by atoms with van der Waals surface area (Å²) in [6, 6.07) is 3.32. The van der Waals surface area contributed by atoms with Crippen LogP contribution >= 0.6 is 0 Å². The van der Waals surface area contributed by atoms with E-state index in [1.165, 1.54) is 6.92 Å². The summed E-state index contributed by atoms with van der Waals surface area (Å²) in [6.45, 7) is 2.98. The molecule has 2 amide bonds. The fourth-order valence-electron chi connectivity index (χ4n) is 3.88. The first-order valence-corrected chi connectivity index (χ1v) is 8.12. The molecule has 3 rings (SSSR count). The number of rotatable bonds is 2. The SMILES string of the molecule is CC(=O)N1C[C@H]2CN(C(=O)c3ccncc3)CCC[C@@]2(C(=O)O)C1. The normalized spacial score (nSPS) is 26.6. The number of likely N-dealkylation sites (tertiary alicyclic amines) is 2. The van der Waals surface area contributed by atoms with Crippen LogP contribution in [0.2, 0.25) is 0 Å². The third kappa shape index (κ3) is 2.74. The lowest BCUT2D eigenvalue weighted by Crippen LogP contribution is -2.42. The smallest absolute Gasteiger partial charge is 0.311 e. The second-order valence-electron chi connectivity index (χ2n) is 6.65. The maximum atomic E-state index is 12.7. The molecule has 0 aromatic carbocycles. The lowest BCUT2D eigenvalue weighted by Gasteiger charge is -2.29. The van der Waals surface area contributed by atoms with Crippen molar-refractivity contribution in [1.29, 1.82) is 0 Å². The number of aliphatic carboxylic acids is 1. The number of nitrogens with zero attached hydrogens (tertiary/aromatic N) is 3. The van der Waals surface area contributed by atoms with Gasteiger partial charge >= 0.3 is 5.97 Å². The zero-order valence-corrected chi connectivity index (χ0v) is 13.6. The van der Waals surface area contributed by atoms with Crippen molar-refractivity contribution in [1.82, 2.24) is 14.8 Å². The molecule has 3 heterocycles. The van der Waals surface area contributed by atoms with Gasteiger partial charge in [0.1, 0.15) is 0 Å². The van der Waals surface area contributed by atoms with Crippen LogP contribution in [-0.2, 0) is 9.59 Å². The number of aromatic nitrogens is 1. The maximum absolute atomic E-state index is 12.7. The van der Waals surface area contributed by atoms with Crippen molar-refractivity contribution in [3.63, 3.8) is 0 Å². The minimum absolute atomic E-state index is 0.111. The predicted octanol–water partition coefficient (Wildman–Crippen LogP) is 0.867. The second-order valence-corrected chi connectivity index (χ2v) is 6.65. The maximum Gasteiger partial charge on any atom is 0.311 e. The summed E-state index contributed by atoms with van der Waals surface area (Å²) in [7, 11) is 0. The van der Waals surface area contributed by atoms with E-state index in [9.17, 15) is 19.5 Å². The number of carboxylic acid groups (broad SMARTS) is 1. The highest BCUT2D eigenvalue weighted by atomic mass is 16.4. The fourth-order valence-corrected chi connectivity index (χ4v) is 3.88. The molecular weight excluding hydrogens is 310 g/mol. The van der Waals surface area contributed by atoms with E-state index in [2.05, 4.69) is 4.98 Å². The van der Waals surface area contributed by atoms with Gasteiger partial charge in [0, 0.05) is 57.0 Å². The molecule has 2 fully saturated rings. The fraction of sp³-hybridized carbons (Fsp3) is 0.529. The van der Waals surface area contributed by atoms with Gasteiger partial charge in [0.05, 0.1) is 5.41 Å². The van der Waals surface area contributed by atoms with E-state index < -0.39 is 11.4 Å². The van der Waals surface area contributed by atoms with Crippen LogP contribution in [0.4, 0.5) is 0 Å². The first-order chi connectivity index (χ1) is 11.4. The molecule has 1 N–H and O–H groups in total. The van der Waals surface area contributed by atoms with E-state index >= 15 is 0 Å². The first-order valence-electron chi connectivity index (χ1n) is 8.12. The van der Waals surface area contributed by atoms with Gasteiger partial charge in [0.2, 0.25) is 5.91 Å². The van der Waals surface area contributed by atoms with Crippen LogP contribution in [0.5, 0.6) is 0 Å². The third-order valence-corrected chi connectivity index (χ3v) is 5.27. The van der Waals surface area contributed by atoms with Crippen LogP contribution in [0.15, 0.2) is 24.5 Å². The van der Waals surface area contributed by atoms with Crippen molar-refractivity contribution in [2.24, 2.45) is 11.3 Å². The Hall–Kier alpha value is -2.44. The molecule has 0 saturated carbocycles. The molecule has 2 aliphatic heterocycles. The Morgan fingerprint density at radius 2 is 1.88 bits per heavy atom. The standard InChI is InChI=1S/C17H21N3O4/c1-12(21)20-10-14-9-19(15(22)13-3-6-18-7-4-13)8-2-5-17(14,11-20)16(23)24/h3-4,6-7,14H,2,5,8-11H2,1H3,(H,23,24)/t14-,17-/m1/s1. The lowest BCUT2D eigenvalue weighted by atomic mass is 9.75. The Morgan fingerprint density at radius 3 is 2.50 bits per heavy atom. The molecule has 2 atom stereocenters. The minimum atomic E-state index is -0.945. The molecular formula is C17H21N3O4. The second kappa shape index (κ2) is 6.22. The van der Waals surface area contributed by atoms with Crippen LogP contribution in [0.25, 0.3) is 0 Å². The summed E-state index contributed by atoms with van der Waals surface area (Å²) in [5.74, 6) is -1.34. The van der Waals surface area contributed by atoms with Crippen LogP contribution in [0.3, 0.4) is 0 Å². The third-order valence-electron chi connectivity index (χ3n) is 5.27. The lowest BCUT2D eigenvalue weighted by molar-refractivity contribution is -0.151. The largest absolute Gasteiger partial charge is 0.481 e. The number of carbonyl (C=O) groups excluding carboxylic acids is 2. The molecule has 7 nitrogen and oxygen atoms in total. The summed E-state index contributed by atoms with van der Waals surface area (Å²) in [5, 5.41) is 9.82. The highest BCUT2D eigenvalue weighted by Gasteiger charge is 2.54. The van der Waals surface area contributed by atoms with Crippen molar-refractivity contribution in [2.45, 2.75) is 19.8 Å².